The second kappa shape index (κ2) is 8.71. The molecule has 3 rings (SSSR count). The van der Waals surface area contributed by atoms with E-state index in [-0.39, 0.29) is 17.9 Å². The van der Waals surface area contributed by atoms with Crippen molar-refractivity contribution in [3.05, 3.63) is 65.7 Å². The Morgan fingerprint density at radius 3 is 2.44 bits per heavy atom. The number of carboxylic acids is 1. The van der Waals surface area contributed by atoms with Gasteiger partial charge in [-0.05, 0) is 55.5 Å². The highest BCUT2D eigenvalue weighted by molar-refractivity contribution is 5.88. The van der Waals surface area contributed by atoms with E-state index in [0.29, 0.717) is 5.56 Å². The molecule has 5 nitrogen and oxygen atoms in total. The topological polar surface area (TPSA) is 69.6 Å². The molecule has 2 aromatic rings. The van der Waals surface area contributed by atoms with Crippen LogP contribution in [-0.2, 0) is 4.79 Å². The van der Waals surface area contributed by atoms with Gasteiger partial charge in [0, 0.05) is 25.3 Å². The molecule has 1 amide bonds. The van der Waals surface area contributed by atoms with Crippen molar-refractivity contribution in [1.29, 1.82) is 0 Å². The third kappa shape index (κ3) is 4.48. The number of likely N-dealkylation sites (N-methyl/N-ethyl adjacent to an activating group) is 1. The first-order chi connectivity index (χ1) is 13.1. The van der Waals surface area contributed by atoms with Gasteiger partial charge in [0.05, 0.1) is 11.5 Å². The van der Waals surface area contributed by atoms with Crippen LogP contribution in [0.1, 0.15) is 47.5 Å². The summed E-state index contributed by atoms with van der Waals surface area (Å²) in [6.07, 6.45) is 4.02. The fraction of sp³-hybridized carbons (Fsp3) is 0.364. The Bertz CT molecular complexity index is 774. The number of aromatic carboxylic acids is 1. The van der Waals surface area contributed by atoms with Crippen LogP contribution in [0, 0.1) is 0 Å². The number of hydrogen-bond donors (Lipinski definition) is 2. The van der Waals surface area contributed by atoms with Crippen LogP contribution < -0.4 is 10.2 Å². The van der Waals surface area contributed by atoms with Crippen LogP contribution in [0.25, 0.3) is 0 Å². The summed E-state index contributed by atoms with van der Waals surface area (Å²) in [5, 5.41) is 11.9. The van der Waals surface area contributed by atoms with E-state index in [2.05, 4.69) is 10.2 Å². The first-order valence-electron chi connectivity index (χ1n) is 9.46. The molecule has 27 heavy (non-hydrogen) atoms. The van der Waals surface area contributed by atoms with Gasteiger partial charge in [-0.3, -0.25) is 4.79 Å². The van der Waals surface area contributed by atoms with Crippen molar-refractivity contribution in [3.8, 4) is 0 Å². The summed E-state index contributed by atoms with van der Waals surface area (Å²) in [5.41, 5.74) is 2.34. The highest BCUT2D eigenvalue weighted by Gasteiger charge is 2.29. The number of benzene rings is 2. The van der Waals surface area contributed by atoms with Crippen LogP contribution in [-0.4, -0.2) is 36.6 Å². The van der Waals surface area contributed by atoms with E-state index in [1.807, 2.05) is 42.5 Å². The molecule has 0 aliphatic carbocycles. The minimum absolute atomic E-state index is 0.0351. The summed E-state index contributed by atoms with van der Waals surface area (Å²) in [7, 11) is 1.68. The van der Waals surface area contributed by atoms with Gasteiger partial charge < -0.3 is 15.3 Å². The second-order valence-corrected chi connectivity index (χ2v) is 7.01. The van der Waals surface area contributed by atoms with Gasteiger partial charge in [0.1, 0.15) is 0 Å². The predicted octanol–water partition coefficient (Wildman–Crippen LogP) is 3.66. The van der Waals surface area contributed by atoms with Gasteiger partial charge in [-0.1, -0.05) is 30.3 Å². The predicted molar refractivity (Wildman–Crippen MR) is 106 cm³/mol. The molecule has 1 heterocycles. The first kappa shape index (κ1) is 19.0. The number of rotatable bonds is 6. The minimum atomic E-state index is -0.916. The Kier molecular flexibility index (Phi) is 6.12. The van der Waals surface area contributed by atoms with Crippen molar-refractivity contribution in [2.45, 2.75) is 37.6 Å². The minimum Gasteiger partial charge on any atom is -0.478 e. The smallest absolute Gasteiger partial charge is 0.335 e. The fourth-order valence-corrected chi connectivity index (χ4v) is 3.91. The van der Waals surface area contributed by atoms with Crippen LogP contribution in [0.5, 0.6) is 0 Å². The summed E-state index contributed by atoms with van der Waals surface area (Å²) >= 11 is 0. The van der Waals surface area contributed by atoms with Gasteiger partial charge in [0.2, 0.25) is 5.91 Å². The number of amides is 1. The van der Waals surface area contributed by atoms with E-state index in [1.165, 1.54) is 0 Å². The molecule has 2 unspecified atom stereocenters. The van der Waals surface area contributed by atoms with Gasteiger partial charge in [-0.15, -0.1) is 0 Å². The molecule has 5 heteroatoms. The Balaban J connectivity index is 1.83. The summed E-state index contributed by atoms with van der Waals surface area (Å²) in [4.78, 5) is 26.0. The van der Waals surface area contributed by atoms with Crippen molar-refractivity contribution in [2.24, 2.45) is 0 Å². The molecule has 2 aromatic carbocycles. The van der Waals surface area contributed by atoms with Gasteiger partial charge >= 0.3 is 5.97 Å². The van der Waals surface area contributed by atoms with Crippen molar-refractivity contribution in [3.63, 3.8) is 0 Å². The zero-order valence-electron chi connectivity index (χ0n) is 15.6. The van der Waals surface area contributed by atoms with Crippen LogP contribution >= 0.6 is 0 Å². The van der Waals surface area contributed by atoms with Crippen LogP contribution in [0.4, 0.5) is 5.69 Å². The number of hydrogen-bond acceptors (Lipinski definition) is 3. The van der Waals surface area contributed by atoms with Crippen molar-refractivity contribution < 1.29 is 14.7 Å². The second-order valence-electron chi connectivity index (χ2n) is 7.01. The molecule has 142 valence electrons. The summed E-state index contributed by atoms with van der Waals surface area (Å²) in [6.45, 7) is 0.923. The number of carboxylic acid groups (broad SMARTS) is 1. The molecule has 0 radical (unpaired) electrons. The molecule has 0 spiro atoms. The van der Waals surface area contributed by atoms with Crippen LogP contribution in [0.15, 0.2) is 54.6 Å². The lowest BCUT2D eigenvalue weighted by Gasteiger charge is -2.39. The normalized spacial score (nSPS) is 18.0. The Hall–Kier alpha value is -2.82. The highest BCUT2D eigenvalue weighted by atomic mass is 16.4. The van der Waals surface area contributed by atoms with Crippen molar-refractivity contribution >= 4 is 17.6 Å². The maximum Gasteiger partial charge on any atom is 0.335 e. The summed E-state index contributed by atoms with van der Waals surface area (Å²) in [5.74, 6) is -1.08. The zero-order valence-corrected chi connectivity index (χ0v) is 15.6. The van der Waals surface area contributed by atoms with Crippen molar-refractivity contribution in [2.75, 3.05) is 18.5 Å². The van der Waals surface area contributed by atoms with E-state index in [0.717, 1.165) is 43.5 Å². The molecule has 0 saturated carbocycles. The van der Waals surface area contributed by atoms with E-state index < -0.39 is 5.97 Å². The quantitative estimate of drug-likeness (QED) is 0.818. The first-order valence-corrected chi connectivity index (χ1v) is 9.46. The number of carbonyl (C=O) groups excluding carboxylic acids is 1. The van der Waals surface area contributed by atoms with Crippen molar-refractivity contribution in [1.82, 2.24) is 5.32 Å². The van der Waals surface area contributed by atoms with Crippen LogP contribution in [0.2, 0.25) is 0 Å². The molecule has 0 aromatic heterocycles. The van der Waals surface area contributed by atoms with E-state index in [9.17, 15) is 9.59 Å². The monoisotopic (exact) mass is 366 g/mol. The van der Waals surface area contributed by atoms with Gasteiger partial charge in [0.25, 0.3) is 0 Å². The molecule has 0 bridgehead atoms. The Morgan fingerprint density at radius 1 is 1.11 bits per heavy atom. The lowest BCUT2D eigenvalue weighted by atomic mass is 9.87. The zero-order chi connectivity index (χ0) is 19.2. The van der Waals surface area contributed by atoms with E-state index in [4.69, 9.17) is 5.11 Å². The highest BCUT2D eigenvalue weighted by Crippen LogP contribution is 2.32. The van der Waals surface area contributed by atoms with Gasteiger partial charge in [0.15, 0.2) is 0 Å². The number of piperidine rings is 1. The Morgan fingerprint density at radius 2 is 1.81 bits per heavy atom. The molecule has 2 atom stereocenters. The number of nitrogens with zero attached hydrogens (tertiary/aromatic N) is 1. The van der Waals surface area contributed by atoms with Crippen LogP contribution in [0.3, 0.4) is 0 Å². The SMILES string of the molecule is CNC(=O)C(CC1CCCCN1c1ccc(C(=O)O)cc1)c1ccccc1. The van der Waals surface area contributed by atoms with Gasteiger partial charge in [-0.2, -0.15) is 0 Å². The summed E-state index contributed by atoms with van der Waals surface area (Å²) < 4.78 is 0. The molecular weight excluding hydrogens is 340 g/mol. The van der Waals surface area contributed by atoms with E-state index >= 15 is 0 Å². The molecule has 1 aliphatic rings. The Labute approximate surface area is 160 Å². The third-order valence-corrected chi connectivity index (χ3v) is 5.35. The average molecular weight is 366 g/mol. The maximum absolute atomic E-state index is 12.6. The standard InChI is InChI=1S/C22H26N2O3/c1-23-21(25)20(16-7-3-2-4-8-16)15-19-9-5-6-14-24(19)18-12-10-17(11-13-18)22(26)27/h2-4,7-8,10-13,19-20H,5-6,9,14-15H2,1H3,(H,23,25)(H,26,27). The molecule has 2 N–H and O–H groups in total. The van der Waals surface area contributed by atoms with E-state index in [1.54, 1.807) is 19.2 Å². The number of nitrogens with one attached hydrogen (secondary N) is 1. The van der Waals surface area contributed by atoms with Gasteiger partial charge in [-0.25, -0.2) is 4.79 Å². The number of carbonyl (C=O) groups is 2. The lowest BCUT2D eigenvalue weighted by molar-refractivity contribution is -0.122. The fourth-order valence-electron chi connectivity index (χ4n) is 3.91. The molecular formula is C22H26N2O3. The molecule has 1 aliphatic heterocycles. The molecule has 1 saturated heterocycles. The third-order valence-electron chi connectivity index (χ3n) is 5.35. The maximum atomic E-state index is 12.6. The average Bonchev–Trinajstić information content (AvgIpc) is 2.72. The molecule has 1 fully saturated rings. The summed E-state index contributed by atoms with van der Waals surface area (Å²) in [6, 6.07) is 17.2. The lowest BCUT2D eigenvalue weighted by Crippen LogP contribution is -2.42. The number of anilines is 1. The largest absolute Gasteiger partial charge is 0.478 e.